The van der Waals surface area contributed by atoms with E-state index in [1.807, 2.05) is 6.07 Å². The number of carbonyl (C=O) groups excluding carboxylic acids is 1. The van der Waals surface area contributed by atoms with Crippen LogP contribution in [-0.2, 0) is 10.3 Å². The van der Waals surface area contributed by atoms with Crippen molar-refractivity contribution < 1.29 is 14.3 Å². The van der Waals surface area contributed by atoms with Gasteiger partial charge in [0.2, 0.25) is 6.08 Å². The van der Waals surface area contributed by atoms with Gasteiger partial charge in [0.05, 0.1) is 24.8 Å². The monoisotopic (exact) mass is 309 g/mol. The average molecular weight is 310 g/mol. The van der Waals surface area contributed by atoms with E-state index in [-0.39, 0.29) is 5.92 Å². The zero-order chi connectivity index (χ0) is 15.6. The molecule has 1 aliphatic rings. The van der Waals surface area contributed by atoms with Gasteiger partial charge in [-0.1, -0.05) is 25.4 Å². The van der Waals surface area contributed by atoms with Crippen LogP contribution in [-0.4, -0.2) is 20.3 Å². The summed E-state index contributed by atoms with van der Waals surface area (Å²) in [5.74, 6) is 1.35. The van der Waals surface area contributed by atoms with Crippen molar-refractivity contribution >= 4 is 17.7 Å². The van der Waals surface area contributed by atoms with Crippen LogP contribution in [0.1, 0.15) is 50.2 Å². The molecular weight excluding hydrogens is 290 g/mol. The number of aliphatic imine (C=N–C) groups is 1. The van der Waals surface area contributed by atoms with Gasteiger partial charge in [-0.25, -0.2) is 4.79 Å². The van der Waals surface area contributed by atoms with Gasteiger partial charge in [-0.3, -0.25) is 0 Å². The molecule has 2 rings (SSSR count). The molecule has 4 nitrogen and oxygen atoms in total. The van der Waals surface area contributed by atoms with Crippen molar-refractivity contribution in [2.45, 2.75) is 44.6 Å². The van der Waals surface area contributed by atoms with E-state index in [2.05, 4.69) is 18.8 Å². The van der Waals surface area contributed by atoms with Gasteiger partial charge in [0.25, 0.3) is 0 Å². The van der Waals surface area contributed by atoms with Crippen LogP contribution >= 0.6 is 11.6 Å². The first-order valence-corrected chi connectivity index (χ1v) is 7.42. The van der Waals surface area contributed by atoms with Crippen LogP contribution in [0.5, 0.6) is 11.5 Å². The zero-order valence-electron chi connectivity index (χ0n) is 12.8. The van der Waals surface area contributed by atoms with Gasteiger partial charge in [0, 0.05) is 5.56 Å². The molecule has 0 amide bonds. The van der Waals surface area contributed by atoms with Gasteiger partial charge < -0.3 is 9.47 Å². The molecule has 1 aromatic carbocycles. The maximum absolute atomic E-state index is 10.8. The average Bonchev–Trinajstić information content (AvgIpc) is 2.41. The van der Waals surface area contributed by atoms with Crippen molar-refractivity contribution in [3.63, 3.8) is 0 Å². The third kappa shape index (κ3) is 2.54. The summed E-state index contributed by atoms with van der Waals surface area (Å²) in [5.41, 5.74) is 1.44. The molecule has 0 saturated heterocycles. The Hall–Kier alpha value is -1.51. The highest BCUT2D eigenvalue weighted by Gasteiger charge is 2.42. The van der Waals surface area contributed by atoms with E-state index < -0.39 is 5.54 Å². The lowest BCUT2D eigenvalue weighted by Crippen LogP contribution is -2.33. The van der Waals surface area contributed by atoms with E-state index in [9.17, 15) is 4.79 Å². The number of nitrogens with zero attached hydrogens (tertiary/aromatic N) is 1. The predicted molar refractivity (Wildman–Crippen MR) is 82.3 cm³/mol. The van der Waals surface area contributed by atoms with Gasteiger partial charge in [0.1, 0.15) is 0 Å². The highest BCUT2D eigenvalue weighted by molar-refractivity contribution is 6.32. The van der Waals surface area contributed by atoms with E-state index in [0.717, 1.165) is 30.4 Å². The molecule has 0 unspecified atom stereocenters. The van der Waals surface area contributed by atoms with E-state index in [1.54, 1.807) is 20.3 Å². The summed E-state index contributed by atoms with van der Waals surface area (Å²) >= 11 is 6.33. The number of benzene rings is 1. The lowest BCUT2D eigenvalue weighted by Gasteiger charge is -2.39. The second-order valence-electron chi connectivity index (χ2n) is 5.63. The summed E-state index contributed by atoms with van der Waals surface area (Å²) in [6.07, 6.45) is 4.41. The molecule has 1 fully saturated rings. The molecule has 5 heteroatoms. The Morgan fingerprint density at radius 3 is 2.29 bits per heavy atom. The molecule has 0 radical (unpaired) electrons. The third-order valence-electron chi connectivity index (χ3n) is 4.16. The van der Waals surface area contributed by atoms with Crippen LogP contribution < -0.4 is 9.47 Å². The lowest BCUT2D eigenvalue weighted by atomic mass is 9.69. The van der Waals surface area contributed by atoms with Gasteiger partial charge in [-0.2, -0.15) is 4.99 Å². The number of methoxy groups -OCH3 is 2. The highest BCUT2D eigenvalue weighted by atomic mass is 35.5. The largest absolute Gasteiger partial charge is 0.492 e. The molecule has 1 aromatic rings. The van der Waals surface area contributed by atoms with Crippen molar-refractivity contribution in [1.82, 2.24) is 0 Å². The summed E-state index contributed by atoms with van der Waals surface area (Å²) in [7, 11) is 3.16. The van der Waals surface area contributed by atoms with Crippen LogP contribution in [0.2, 0.25) is 5.02 Å². The number of isocyanates is 1. The third-order valence-corrected chi connectivity index (χ3v) is 4.44. The normalized spacial score (nSPS) is 16.1. The number of halogens is 1. The number of ether oxygens (including phenoxy) is 2. The topological polar surface area (TPSA) is 47.9 Å². The summed E-state index contributed by atoms with van der Waals surface area (Å²) in [6, 6.07) is 1.86. The van der Waals surface area contributed by atoms with Crippen molar-refractivity contribution in [1.29, 1.82) is 0 Å². The second-order valence-corrected chi connectivity index (χ2v) is 6.04. The van der Waals surface area contributed by atoms with Gasteiger partial charge in [-0.15, -0.1) is 0 Å². The Labute approximate surface area is 130 Å². The van der Waals surface area contributed by atoms with Crippen molar-refractivity contribution in [3.8, 4) is 11.5 Å². The molecule has 0 bridgehead atoms. The Morgan fingerprint density at radius 1 is 1.29 bits per heavy atom. The molecule has 1 saturated carbocycles. The van der Waals surface area contributed by atoms with Crippen LogP contribution in [0.3, 0.4) is 0 Å². The van der Waals surface area contributed by atoms with Gasteiger partial charge in [-0.05, 0) is 36.8 Å². The Morgan fingerprint density at radius 2 is 1.90 bits per heavy atom. The minimum absolute atomic E-state index is 0.195. The first kappa shape index (κ1) is 15.9. The molecule has 0 atom stereocenters. The number of hydrogen-bond donors (Lipinski definition) is 0. The Kier molecular flexibility index (Phi) is 4.60. The summed E-state index contributed by atoms with van der Waals surface area (Å²) < 4.78 is 10.9. The second kappa shape index (κ2) is 6.08. The Balaban J connectivity index is 2.76. The fourth-order valence-electron chi connectivity index (χ4n) is 3.01. The fraction of sp³-hybridized carbons (Fsp3) is 0.562. The smallest absolute Gasteiger partial charge is 0.235 e. The molecule has 1 aliphatic carbocycles. The van der Waals surface area contributed by atoms with Crippen molar-refractivity contribution in [2.24, 2.45) is 4.99 Å². The first-order chi connectivity index (χ1) is 10.0. The van der Waals surface area contributed by atoms with Crippen molar-refractivity contribution in [2.75, 3.05) is 14.2 Å². The minimum Gasteiger partial charge on any atom is -0.492 e. The SMILES string of the molecule is COc1c(Cl)cc(C2(N=C=O)CCC2)c(C(C)C)c1OC. The molecular formula is C16H20ClNO3. The van der Waals surface area contributed by atoms with E-state index in [0.29, 0.717) is 16.5 Å². The highest BCUT2D eigenvalue weighted by Crippen LogP contribution is 2.52. The Bertz CT molecular complexity index is 588. The van der Waals surface area contributed by atoms with Crippen molar-refractivity contribution in [3.05, 3.63) is 22.2 Å². The maximum atomic E-state index is 10.8. The van der Waals surface area contributed by atoms with Gasteiger partial charge in [0.15, 0.2) is 11.5 Å². The predicted octanol–water partition coefficient (Wildman–Crippen LogP) is 4.20. The van der Waals surface area contributed by atoms with Crippen LogP contribution in [0.15, 0.2) is 11.1 Å². The summed E-state index contributed by atoms with van der Waals surface area (Å²) in [4.78, 5) is 14.9. The fourth-order valence-corrected chi connectivity index (χ4v) is 3.29. The molecule has 0 heterocycles. The molecule has 0 spiro atoms. The van der Waals surface area contributed by atoms with Crippen LogP contribution in [0, 0.1) is 0 Å². The standard InChI is InChI=1S/C16H20ClNO3/c1-10(2)13-11(16(18-9-19)6-5-7-16)8-12(17)14(20-3)15(13)21-4/h8,10H,5-7H2,1-4H3. The zero-order valence-corrected chi connectivity index (χ0v) is 13.6. The summed E-state index contributed by atoms with van der Waals surface area (Å²) in [6.45, 7) is 4.15. The van der Waals surface area contributed by atoms with Crippen LogP contribution in [0.25, 0.3) is 0 Å². The van der Waals surface area contributed by atoms with Gasteiger partial charge >= 0.3 is 0 Å². The summed E-state index contributed by atoms with van der Waals surface area (Å²) in [5, 5.41) is 0.473. The quantitative estimate of drug-likeness (QED) is 0.605. The van der Waals surface area contributed by atoms with E-state index in [4.69, 9.17) is 21.1 Å². The van der Waals surface area contributed by atoms with Crippen LogP contribution in [0.4, 0.5) is 0 Å². The van der Waals surface area contributed by atoms with E-state index >= 15 is 0 Å². The molecule has 0 N–H and O–H groups in total. The maximum Gasteiger partial charge on any atom is 0.235 e. The minimum atomic E-state index is -0.509. The molecule has 0 aliphatic heterocycles. The molecule has 21 heavy (non-hydrogen) atoms. The number of hydrogen-bond acceptors (Lipinski definition) is 4. The van der Waals surface area contributed by atoms with E-state index in [1.165, 1.54) is 0 Å². The lowest BCUT2D eigenvalue weighted by molar-refractivity contribution is 0.251. The molecule has 0 aromatic heterocycles. The molecule has 114 valence electrons. The first-order valence-electron chi connectivity index (χ1n) is 7.04. The number of rotatable bonds is 5.